The number of ketones is 1. The Bertz CT molecular complexity index is 1460. The number of anilines is 1. The summed E-state index contributed by atoms with van der Waals surface area (Å²) in [6.45, 7) is 8.48. The van der Waals surface area contributed by atoms with E-state index in [1.807, 2.05) is 39.0 Å². The van der Waals surface area contributed by atoms with Crippen LogP contribution in [0.2, 0.25) is 0 Å². The van der Waals surface area contributed by atoms with Crippen molar-refractivity contribution in [3.05, 3.63) is 94.6 Å². The first-order valence-electron chi connectivity index (χ1n) is 13.3. The second-order valence-electron chi connectivity index (χ2n) is 9.29. The average molecular weight is 544 g/mol. The van der Waals surface area contributed by atoms with Gasteiger partial charge in [-0.3, -0.25) is 14.5 Å². The molecule has 1 saturated heterocycles. The lowest BCUT2D eigenvalue weighted by atomic mass is 9.94. The summed E-state index contributed by atoms with van der Waals surface area (Å²) >= 11 is 0. The molecule has 0 spiro atoms. The molecule has 3 aromatic rings. The molecule has 1 aliphatic heterocycles. The molecule has 0 radical (unpaired) electrons. The first kappa shape index (κ1) is 28.4. The topological polar surface area (TPSA) is 102 Å². The number of hydrogen-bond acceptors (Lipinski definition) is 7. The highest BCUT2D eigenvalue weighted by molar-refractivity contribution is 6.51. The molecule has 1 unspecified atom stereocenters. The molecule has 0 bridgehead atoms. The van der Waals surface area contributed by atoms with E-state index in [1.54, 1.807) is 49.4 Å². The molecule has 1 heterocycles. The Morgan fingerprint density at radius 2 is 1.68 bits per heavy atom. The zero-order chi connectivity index (χ0) is 28.8. The molecule has 4 rings (SSSR count). The second kappa shape index (κ2) is 12.5. The lowest BCUT2D eigenvalue weighted by Crippen LogP contribution is -2.29. The SMILES string of the molecule is CCCOC(=O)c1cccc(N2C(=O)C(=O)/C(=C(\O)c3ccc(OCC)cc3OCC)C2c2cccc(C)c2)c1. The van der Waals surface area contributed by atoms with Gasteiger partial charge in [-0.2, -0.15) is 0 Å². The normalized spacial score (nSPS) is 16.2. The molecule has 3 aromatic carbocycles. The number of aryl methyl sites for hydroxylation is 1. The van der Waals surface area contributed by atoms with Crippen molar-refractivity contribution in [1.82, 2.24) is 0 Å². The van der Waals surface area contributed by atoms with Gasteiger partial charge in [0, 0.05) is 11.8 Å². The van der Waals surface area contributed by atoms with Crippen LogP contribution in [0.4, 0.5) is 5.69 Å². The van der Waals surface area contributed by atoms with E-state index in [9.17, 15) is 19.5 Å². The van der Waals surface area contributed by atoms with Crippen molar-refractivity contribution in [3.63, 3.8) is 0 Å². The van der Waals surface area contributed by atoms with Crippen LogP contribution in [0.3, 0.4) is 0 Å². The minimum absolute atomic E-state index is 0.0836. The maximum atomic E-state index is 13.6. The van der Waals surface area contributed by atoms with Crippen LogP contribution in [0.25, 0.3) is 5.76 Å². The Kier molecular flexibility index (Phi) is 8.89. The van der Waals surface area contributed by atoms with Gasteiger partial charge in [0.05, 0.1) is 42.6 Å². The highest BCUT2D eigenvalue weighted by atomic mass is 16.5. The van der Waals surface area contributed by atoms with Crippen LogP contribution < -0.4 is 14.4 Å². The largest absolute Gasteiger partial charge is 0.507 e. The number of benzene rings is 3. The van der Waals surface area contributed by atoms with E-state index in [0.717, 1.165) is 5.56 Å². The van der Waals surface area contributed by atoms with Crippen LogP contribution >= 0.6 is 0 Å². The molecule has 8 heteroatoms. The molecule has 0 saturated carbocycles. The maximum Gasteiger partial charge on any atom is 0.338 e. The molecule has 1 amide bonds. The van der Waals surface area contributed by atoms with Gasteiger partial charge in [-0.15, -0.1) is 0 Å². The van der Waals surface area contributed by atoms with Gasteiger partial charge in [0.2, 0.25) is 0 Å². The number of esters is 1. The van der Waals surface area contributed by atoms with Crippen LogP contribution in [0.5, 0.6) is 11.5 Å². The number of rotatable bonds is 10. The Balaban J connectivity index is 1.90. The van der Waals surface area contributed by atoms with Crippen molar-refractivity contribution in [3.8, 4) is 11.5 Å². The van der Waals surface area contributed by atoms with Crippen LogP contribution in [-0.4, -0.2) is 42.6 Å². The van der Waals surface area contributed by atoms with Gasteiger partial charge in [0.15, 0.2) is 0 Å². The number of aliphatic hydroxyl groups excluding tert-OH is 1. The lowest BCUT2D eigenvalue weighted by Gasteiger charge is -2.26. The van der Waals surface area contributed by atoms with E-state index in [0.29, 0.717) is 42.4 Å². The summed E-state index contributed by atoms with van der Waals surface area (Å²) < 4.78 is 16.6. The highest BCUT2D eigenvalue weighted by Gasteiger charge is 2.47. The van der Waals surface area contributed by atoms with E-state index >= 15 is 0 Å². The fourth-order valence-electron chi connectivity index (χ4n) is 4.69. The Morgan fingerprint density at radius 3 is 2.38 bits per heavy atom. The van der Waals surface area contributed by atoms with Crippen LogP contribution in [0, 0.1) is 6.92 Å². The number of hydrogen-bond donors (Lipinski definition) is 1. The van der Waals surface area contributed by atoms with E-state index in [-0.39, 0.29) is 29.1 Å². The zero-order valence-corrected chi connectivity index (χ0v) is 23.1. The van der Waals surface area contributed by atoms with E-state index in [4.69, 9.17) is 14.2 Å². The van der Waals surface area contributed by atoms with Gasteiger partial charge in [-0.1, -0.05) is 42.8 Å². The molecule has 1 atom stereocenters. The minimum Gasteiger partial charge on any atom is -0.507 e. The summed E-state index contributed by atoms with van der Waals surface area (Å²) in [7, 11) is 0. The van der Waals surface area contributed by atoms with Crippen molar-refractivity contribution in [1.29, 1.82) is 0 Å². The lowest BCUT2D eigenvalue weighted by molar-refractivity contribution is -0.132. The van der Waals surface area contributed by atoms with Crippen molar-refractivity contribution in [2.24, 2.45) is 0 Å². The maximum absolute atomic E-state index is 13.6. The Morgan fingerprint density at radius 1 is 0.925 bits per heavy atom. The summed E-state index contributed by atoms with van der Waals surface area (Å²) in [5, 5.41) is 11.6. The standard InChI is InChI=1S/C32H33NO7/c1-5-16-40-32(37)22-12-9-13-23(18-22)33-28(21-11-8-10-20(4)17-21)27(30(35)31(33)36)29(34)25-15-14-24(38-6-2)19-26(25)39-7-3/h8-15,17-19,28,34H,5-7,16H2,1-4H3/b29-27-. The Hall–Kier alpha value is -4.59. The zero-order valence-electron chi connectivity index (χ0n) is 23.1. The highest BCUT2D eigenvalue weighted by Crippen LogP contribution is 2.44. The number of nitrogens with zero attached hydrogens (tertiary/aromatic N) is 1. The third-order valence-electron chi connectivity index (χ3n) is 6.42. The number of carbonyl (C=O) groups is 3. The summed E-state index contributed by atoms with van der Waals surface area (Å²) in [4.78, 5) is 41.1. The van der Waals surface area contributed by atoms with Gasteiger partial charge >= 0.3 is 5.97 Å². The fourth-order valence-corrected chi connectivity index (χ4v) is 4.69. The molecule has 1 fully saturated rings. The van der Waals surface area contributed by atoms with Gasteiger partial charge in [-0.05, 0) is 63.1 Å². The first-order valence-corrected chi connectivity index (χ1v) is 13.3. The number of ether oxygens (including phenoxy) is 3. The summed E-state index contributed by atoms with van der Waals surface area (Å²) in [6.07, 6.45) is 0.669. The monoisotopic (exact) mass is 543 g/mol. The van der Waals surface area contributed by atoms with Gasteiger partial charge in [0.1, 0.15) is 17.3 Å². The van der Waals surface area contributed by atoms with Crippen LogP contribution in [-0.2, 0) is 14.3 Å². The van der Waals surface area contributed by atoms with Crippen molar-refractivity contribution >= 4 is 29.1 Å². The van der Waals surface area contributed by atoms with Crippen molar-refractivity contribution in [2.75, 3.05) is 24.7 Å². The van der Waals surface area contributed by atoms with Gasteiger partial charge in [0.25, 0.3) is 11.7 Å². The molecule has 208 valence electrons. The smallest absolute Gasteiger partial charge is 0.338 e. The number of Topliss-reactive ketones (excluding diaryl/α,β-unsaturated/α-hetero) is 1. The third-order valence-corrected chi connectivity index (χ3v) is 6.42. The quantitative estimate of drug-likeness (QED) is 0.145. The summed E-state index contributed by atoms with van der Waals surface area (Å²) in [6, 6.07) is 17.7. The van der Waals surface area contributed by atoms with Crippen molar-refractivity contribution < 1.29 is 33.7 Å². The van der Waals surface area contributed by atoms with E-state index < -0.39 is 23.7 Å². The molecule has 0 aliphatic carbocycles. The third kappa shape index (κ3) is 5.71. The second-order valence-corrected chi connectivity index (χ2v) is 9.29. The fraction of sp³-hybridized carbons (Fsp3) is 0.281. The average Bonchev–Trinajstić information content (AvgIpc) is 3.22. The number of amides is 1. The first-order chi connectivity index (χ1) is 19.3. The van der Waals surface area contributed by atoms with Gasteiger partial charge < -0.3 is 19.3 Å². The molecule has 40 heavy (non-hydrogen) atoms. The molecular formula is C32H33NO7. The van der Waals surface area contributed by atoms with E-state index in [2.05, 4.69) is 0 Å². The molecule has 1 aliphatic rings. The molecule has 8 nitrogen and oxygen atoms in total. The van der Waals surface area contributed by atoms with Crippen molar-refractivity contribution in [2.45, 2.75) is 40.2 Å². The number of aliphatic hydroxyl groups is 1. The molecule has 1 N–H and O–H groups in total. The minimum atomic E-state index is -0.956. The van der Waals surface area contributed by atoms with E-state index in [1.165, 1.54) is 11.0 Å². The van der Waals surface area contributed by atoms with Gasteiger partial charge in [-0.25, -0.2) is 4.79 Å². The summed E-state index contributed by atoms with van der Waals surface area (Å²) in [5.41, 5.74) is 2.30. The predicted octanol–water partition coefficient (Wildman–Crippen LogP) is 5.99. The van der Waals surface area contributed by atoms with Crippen LogP contribution in [0.15, 0.2) is 72.3 Å². The summed E-state index contributed by atoms with van der Waals surface area (Å²) in [5.74, 6) is -1.69. The predicted molar refractivity (Wildman–Crippen MR) is 152 cm³/mol. The number of carbonyl (C=O) groups excluding carboxylic acids is 3. The molecule has 0 aromatic heterocycles. The van der Waals surface area contributed by atoms with Crippen LogP contribution in [0.1, 0.15) is 60.3 Å². The Labute approximate surface area is 233 Å². The molecular weight excluding hydrogens is 510 g/mol.